The Morgan fingerprint density at radius 2 is 1.69 bits per heavy atom. The van der Waals surface area contributed by atoms with Gasteiger partial charge in [0.05, 0.1) is 15.7 Å². The van der Waals surface area contributed by atoms with Gasteiger partial charge in [0, 0.05) is 23.5 Å². The number of halogens is 1. The fourth-order valence-electron chi connectivity index (χ4n) is 2.86. The van der Waals surface area contributed by atoms with Crippen molar-refractivity contribution in [2.24, 2.45) is 0 Å². The molecule has 0 spiro atoms. The summed E-state index contributed by atoms with van der Waals surface area (Å²) in [6.07, 6.45) is 1.71. The minimum absolute atomic E-state index is 0.0318. The number of sulfonamides is 1. The molecule has 9 heteroatoms. The number of thioether (sulfide) groups is 1. The van der Waals surface area contributed by atoms with Crippen LogP contribution in [-0.4, -0.2) is 49.9 Å². The van der Waals surface area contributed by atoms with Crippen molar-refractivity contribution >= 4 is 45.1 Å². The van der Waals surface area contributed by atoms with E-state index in [0.29, 0.717) is 18.1 Å². The first-order chi connectivity index (χ1) is 13.9. The van der Waals surface area contributed by atoms with E-state index in [1.54, 1.807) is 18.2 Å². The molecular weight excluding hydrogens is 434 g/mol. The lowest BCUT2D eigenvalue weighted by molar-refractivity contribution is -0.139. The summed E-state index contributed by atoms with van der Waals surface area (Å²) >= 11 is 7.26. The Hall–Kier alpha value is -1.87. The van der Waals surface area contributed by atoms with Crippen molar-refractivity contribution in [2.75, 3.05) is 25.4 Å². The van der Waals surface area contributed by atoms with Crippen molar-refractivity contribution in [3.05, 3.63) is 59.1 Å². The molecule has 2 aromatic carbocycles. The summed E-state index contributed by atoms with van der Waals surface area (Å²) in [6.45, 7) is 0.635. The highest BCUT2D eigenvalue weighted by Crippen LogP contribution is 2.26. The molecule has 1 aliphatic rings. The predicted octanol–water partition coefficient (Wildman–Crippen LogP) is 3.64. The highest BCUT2D eigenvalue weighted by Gasteiger charge is 2.27. The minimum atomic E-state index is -3.52. The van der Waals surface area contributed by atoms with Crippen LogP contribution in [0, 0.1) is 0 Å². The van der Waals surface area contributed by atoms with Gasteiger partial charge >= 0.3 is 5.97 Å². The monoisotopic (exact) mass is 453 g/mol. The smallest absolute Gasteiger partial charge is 0.316 e. The highest BCUT2D eigenvalue weighted by molar-refractivity contribution is 8.00. The number of rotatable bonds is 8. The average Bonchev–Trinajstić information content (AvgIpc) is 3.27. The topological polar surface area (TPSA) is 80.8 Å². The second-order valence-electron chi connectivity index (χ2n) is 6.44. The van der Waals surface area contributed by atoms with E-state index >= 15 is 0 Å². The van der Waals surface area contributed by atoms with E-state index in [2.05, 4.69) is 0 Å². The first-order valence-electron chi connectivity index (χ1n) is 9.04. The third kappa shape index (κ3) is 5.60. The third-order valence-electron chi connectivity index (χ3n) is 4.43. The first-order valence-corrected chi connectivity index (χ1v) is 11.8. The van der Waals surface area contributed by atoms with E-state index in [4.69, 9.17) is 16.3 Å². The van der Waals surface area contributed by atoms with Gasteiger partial charge in [-0.2, -0.15) is 4.31 Å². The van der Waals surface area contributed by atoms with Gasteiger partial charge < -0.3 is 4.74 Å². The van der Waals surface area contributed by atoms with Crippen LogP contribution in [0.15, 0.2) is 58.3 Å². The molecule has 0 atom stereocenters. The number of esters is 1. The maximum absolute atomic E-state index is 12.5. The quantitative estimate of drug-likeness (QED) is 0.345. The zero-order valence-corrected chi connectivity index (χ0v) is 17.9. The van der Waals surface area contributed by atoms with Gasteiger partial charge in [0.2, 0.25) is 10.0 Å². The van der Waals surface area contributed by atoms with Gasteiger partial charge in [0.15, 0.2) is 12.4 Å². The van der Waals surface area contributed by atoms with Gasteiger partial charge in [0.25, 0.3) is 0 Å². The lowest BCUT2D eigenvalue weighted by Gasteiger charge is -2.15. The van der Waals surface area contributed by atoms with Crippen molar-refractivity contribution in [2.45, 2.75) is 22.6 Å². The molecule has 0 unspecified atom stereocenters. The minimum Gasteiger partial charge on any atom is -0.457 e. The Kier molecular flexibility index (Phi) is 7.34. The molecule has 0 saturated carbocycles. The fraction of sp³-hybridized carbons (Fsp3) is 0.300. The summed E-state index contributed by atoms with van der Waals surface area (Å²) in [6, 6.07) is 12.8. The Morgan fingerprint density at radius 3 is 2.34 bits per heavy atom. The highest BCUT2D eigenvalue weighted by atomic mass is 35.5. The van der Waals surface area contributed by atoms with E-state index < -0.39 is 28.4 Å². The molecule has 0 N–H and O–H groups in total. The number of hydrogen-bond donors (Lipinski definition) is 0. The standard InChI is InChI=1S/C20H20ClNO5S2/c21-17-5-1-2-6-19(17)28-14-20(24)27-13-18(23)15-7-9-16(10-8-15)29(25,26)22-11-3-4-12-22/h1-2,5-10H,3-4,11-14H2. The van der Waals surface area contributed by atoms with E-state index in [1.165, 1.54) is 40.3 Å². The molecule has 0 radical (unpaired) electrons. The second kappa shape index (κ2) is 9.75. The number of benzene rings is 2. The molecule has 1 aliphatic heterocycles. The normalized spacial score (nSPS) is 14.7. The summed E-state index contributed by atoms with van der Waals surface area (Å²) in [7, 11) is -3.52. The van der Waals surface area contributed by atoms with Gasteiger partial charge in [-0.1, -0.05) is 23.7 Å². The van der Waals surface area contributed by atoms with Crippen molar-refractivity contribution < 1.29 is 22.7 Å². The lowest BCUT2D eigenvalue weighted by atomic mass is 10.1. The third-order valence-corrected chi connectivity index (χ3v) is 7.83. The molecule has 154 valence electrons. The van der Waals surface area contributed by atoms with Crippen molar-refractivity contribution in [1.29, 1.82) is 0 Å². The van der Waals surface area contributed by atoms with Crippen LogP contribution in [0.25, 0.3) is 0 Å². The maximum atomic E-state index is 12.5. The SMILES string of the molecule is O=C(CSc1ccccc1Cl)OCC(=O)c1ccc(S(=O)(=O)N2CCCC2)cc1. The number of hydrogen-bond acceptors (Lipinski definition) is 6. The van der Waals surface area contributed by atoms with Crippen LogP contribution in [0.2, 0.25) is 5.02 Å². The van der Waals surface area contributed by atoms with Gasteiger partial charge in [-0.15, -0.1) is 11.8 Å². The van der Waals surface area contributed by atoms with Gasteiger partial charge in [0.1, 0.15) is 0 Å². The summed E-state index contributed by atoms with van der Waals surface area (Å²) < 4.78 is 31.5. The van der Waals surface area contributed by atoms with Crippen LogP contribution >= 0.6 is 23.4 Å². The molecule has 0 bridgehead atoms. The molecule has 0 amide bonds. The largest absolute Gasteiger partial charge is 0.457 e. The summed E-state index contributed by atoms with van der Waals surface area (Å²) in [5, 5.41) is 0.547. The molecule has 29 heavy (non-hydrogen) atoms. The molecule has 1 heterocycles. The Labute approximate surface area is 179 Å². The molecule has 6 nitrogen and oxygen atoms in total. The van der Waals surface area contributed by atoms with Gasteiger partial charge in [-0.3, -0.25) is 9.59 Å². The zero-order chi connectivity index (χ0) is 20.9. The molecule has 1 saturated heterocycles. The van der Waals surface area contributed by atoms with E-state index in [0.717, 1.165) is 17.7 Å². The summed E-state index contributed by atoms with van der Waals surface area (Å²) in [5.74, 6) is -0.896. The summed E-state index contributed by atoms with van der Waals surface area (Å²) in [4.78, 5) is 25.0. The first kappa shape index (κ1) is 21.8. The van der Waals surface area contributed by atoms with E-state index in [-0.39, 0.29) is 16.2 Å². The number of nitrogens with zero attached hydrogens (tertiary/aromatic N) is 1. The Morgan fingerprint density at radius 1 is 1.03 bits per heavy atom. The summed E-state index contributed by atoms with van der Waals surface area (Å²) in [5.41, 5.74) is 0.289. The number of carbonyl (C=O) groups excluding carboxylic acids is 2. The van der Waals surface area contributed by atoms with Gasteiger partial charge in [-0.25, -0.2) is 8.42 Å². The average molecular weight is 454 g/mol. The lowest BCUT2D eigenvalue weighted by Crippen LogP contribution is -2.27. The fourth-order valence-corrected chi connectivity index (χ4v) is 5.41. The van der Waals surface area contributed by atoms with E-state index in [9.17, 15) is 18.0 Å². The number of Topliss-reactive ketones (excluding diaryl/α,β-unsaturated/α-hetero) is 1. The predicted molar refractivity (Wildman–Crippen MR) is 112 cm³/mol. The van der Waals surface area contributed by atoms with Crippen molar-refractivity contribution in [1.82, 2.24) is 4.31 Å². The molecule has 2 aromatic rings. The number of ether oxygens (including phenoxy) is 1. The molecule has 0 aromatic heterocycles. The molecule has 0 aliphatic carbocycles. The zero-order valence-electron chi connectivity index (χ0n) is 15.5. The van der Waals surface area contributed by atoms with Crippen molar-refractivity contribution in [3.8, 4) is 0 Å². The van der Waals surface area contributed by atoms with Crippen LogP contribution in [0.1, 0.15) is 23.2 Å². The number of carbonyl (C=O) groups is 2. The van der Waals surface area contributed by atoms with Crippen LogP contribution in [0.5, 0.6) is 0 Å². The second-order valence-corrected chi connectivity index (χ2v) is 9.80. The maximum Gasteiger partial charge on any atom is 0.316 e. The van der Waals surface area contributed by atoms with Crippen LogP contribution < -0.4 is 0 Å². The molecule has 3 rings (SSSR count). The van der Waals surface area contributed by atoms with Gasteiger partial charge in [-0.05, 0) is 49.2 Å². The van der Waals surface area contributed by atoms with Crippen molar-refractivity contribution in [3.63, 3.8) is 0 Å². The Bertz CT molecular complexity index is 986. The van der Waals surface area contributed by atoms with E-state index in [1.807, 2.05) is 6.07 Å². The van der Waals surface area contributed by atoms with Crippen LogP contribution in [0.3, 0.4) is 0 Å². The molecule has 1 fully saturated rings. The Balaban J connectivity index is 1.51. The molecular formula is C20H20ClNO5S2. The number of ketones is 1. The van der Waals surface area contributed by atoms with Crippen LogP contribution in [0.4, 0.5) is 0 Å². The van der Waals surface area contributed by atoms with Crippen LogP contribution in [-0.2, 0) is 19.6 Å².